The molecule has 3 rings (SSSR count). The molecule has 0 saturated carbocycles. The quantitative estimate of drug-likeness (QED) is 0.776. The fourth-order valence-corrected chi connectivity index (χ4v) is 3.11. The number of para-hydroxylation sites is 1. The van der Waals surface area contributed by atoms with Crippen LogP contribution in [0.15, 0.2) is 54.7 Å². The summed E-state index contributed by atoms with van der Waals surface area (Å²) in [6, 6.07) is 15.3. The maximum atomic E-state index is 11.4. The highest BCUT2D eigenvalue weighted by atomic mass is 32.2. The molecule has 1 aromatic heterocycles. The molecule has 1 heterocycles. The van der Waals surface area contributed by atoms with E-state index in [1.54, 1.807) is 6.07 Å². The summed E-state index contributed by atoms with van der Waals surface area (Å²) in [5.74, 6) is -0.164. The van der Waals surface area contributed by atoms with Gasteiger partial charge in [0.15, 0.2) is 0 Å². The van der Waals surface area contributed by atoms with Crippen LogP contribution in [-0.2, 0) is 15.8 Å². The Bertz CT molecular complexity index is 866. The second kappa shape index (κ2) is 4.77. The van der Waals surface area contributed by atoms with Gasteiger partial charge in [0, 0.05) is 22.7 Å². The molecule has 0 radical (unpaired) electrons. The smallest absolute Gasteiger partial charge is 0.213 e. The Balaban J connectivity index is 2.20. The number of primary sulfonamides is 1. The van der Waals surface area contributed by atoms with Crippen LogP contribution in [0.25, 0.3) is 22.0 Å². The van der Waals surface area contributed by atoms with Gasteiger partial charge in [-0.15, -0.1) is 0 Å². The van der Waals surface area contributed by atoms with Gasteiger partial charge in [-0.05, 0) is 17.2 Å². The number of benzene rings is 2. The first-order valence-corrected chi connectivity index (χ1v) is 7.91. The molecule has 3 aromatic rings. The van der Waals surface area contributed by atoms with Crippen LogP contribution in [0.5, 0.6) is 0 Å². The number of H-pyrrole nitrogens is 1. The average molecular weight is 286 g/mol. The zero-order chi connectivity index (χ0) is 14.2. The topological polar surface area (TPSA) is 76.0 Å². The van der Waals surface area contributed by atoms with Gasteiger partial charge in [0.25, 0.3) is 0 Å². The van der Waals surface area contributed by atoms with E-state index in [9.17, 15) is 8.42 Å². The Kier molecular flexibility index (Phi) is 3.08. The summed E-state index contributed by atoms with van der Waals surface area (Å²) in [4.78, 5) is 3.20. The normalized spacial score (nSPS) is 11.8. The van der Waals surface area contributed by atoms with Gasteiger partial charge in [0.1, 0.15) is 0 Å². The van der Waals surface area contributed by atoms with Gasteiger partial charge in [-0.25, -0.2) is 13.6 Å². The standard InChI is InChI=1S/C15H14N2O2S/c16-20(18,19)10-11-5-1-2-6-12(11)14-9-17-15-8-4-3-7-13(14)15/h1-9,17H,10H2,(H2,16,18,19). The molecule has 5 heteroatoms. The Labute approximate surface area is 117 Å². The first kappa shape index (κ1) is 12.9. The summed E-state index contributed by atoms with van der Waals surface area (Å²) in [7, 11) is -3.55. The van der Waals surface area contributed by atoms with Crippen molar-refractivity contribution >= 4 is 20.9 Å². The summed E-state index contributed by atoms with van der Waals surface area (Å²) in [6.07, 6.45) is 1.90. The predicted molar refractivity (Wildman–Crippen MR) is 80.5 cm³/mol. The summed E-state index contributed by atoms with van der Waals surface area (Å²) in [5.41, 5.74) is 3.60. The van der Waals surface area contributed by atoms with Crippen LogP contribution in [0, 0.1) is 0 Å². The fraction of sp³-hybridized carbons (Fsp3) is 0.0667. The molecule has 3 N–H and O–H groups in total. The molecule has 4 nitrogen and oxygen atoms in total. The molecule has 0 fully saturated rings. The monoisotopic (exact) mass is 286 g/mol. The lowest BCUT2D eigenvalue weighted by Gasteiger charge is -2.07. The van der Waals surface area contributed by atoms with Crippen molar-refractivity contribution in [3.8, 4) is 11.1 Å². The molecule has 0 spiro atoms. The fourth-order valence-electron chi connectivity index (χ4n) is 2.42. The third-order valence-electron chi connectivity index (χ3n) is 3.25. The second-order valence-electron chi connectivity index (χ2n) is 4.71. The number of aromatic amines is 1. The predicted octanol–water partition coefficient (Wildman–Crippen LogP) is 2.62. The van der Waals surface area contributed by atoms with Gasteiger partial charge >= 0.3 is 0 Å². The van der Waals surface area contributed by atoms with Gasteiger partial charge in [-0.1, -0.05) is 42.5 Å². The molecule has 0 atom stereocenters. The van der Waals surface area contributed by atoms with E-state index >= 15 is 0 Å². The largest absolute Gasteiger partial charge is 0.361 e. The van der Waals surface area contributed by atoms with E-state index < -0.39 is 10.0 Å². The third kappa shape index (κ3) is 2.45. The molecule has 0 unspecified atom stereocenters. The van der Waals surface area contributed by atoms with Crippen LogP contribution >= 0.6 is 0 Å². The lowest BCUT2D eigenvalue weighted by molar-refractivity contribution is 0.597. The zero-order valence-electron chi connectivity index (χ0n) is 10.7. The Morgan fingerprint density at radius 1 is 0.950 bits per heavy atom. The number of fused-ring (bicyclic) bond motifs is 1. The SMILES string of the molecule is NS(=O)(=O)Cc1ccccc1-c1c[nH]c2ccccc12. The van der Waals surface area contributed by atoms with Crippen molar-refractivity contribution in [1.29, 1.82) is 0 Å². The highest BCUT2D eigenvalue weighted by Gasteiger charge is 2.13. The summed E-state index contributed by atoms with van der Waals surface area (Å²) in [6.45, 7) is 0. The molecular weight excluding hydrogens is 272 g/mol. The molecule has 0 amide bonds. The minimum atomic E-state index is -3.55. The molecule has 0 aliphatic carbocycles. The van der Waals surface area contributed by atoms with E-state index in [-0.39, 0.29) is 5.75 Å². The molecule has 102 valence electrons. The average Bonchev–Trinajstić information content (AvgIpc) is 2.81. The van der Waals surface area contributed by atoms with Crippen molar-refractivity contribution in [3.63, 3.8) is 0 Å². The maximum Gasteiger partial charge on any atom is 0.213 e. The van der Waals surface area contributed by atoms with Crippen LogP contribution in [0.1, 0.15) is 5.56 Å². The van der Waals surface area contributed by atoms with Gasteiger partial charge < -0.3 is 4.98 Å². The summed E-state index contributed by atoms with van der Waals surface area (Å²) in [5, 5.41) is 6.23. The lowest BCUT2D eigenvalue weighted by atomic mass is 10.0. The Morgan fingerprint density at radius 2 is 1.65 bits per heavy atom. The van der Waals surface area contributed by atoms with Crippen LogP contribution in [0.4, 0.5) is 0 Å². The molecule has 2 aromatic carbocycles. The van der Waals surface area contributed by atoms with E-state index in [4.69, 9.17) is 5.14 Å². The molecule has 0 bridgehead atoms. The number of rotatable bonds is 3. The van der Waals surface area contributed by atoms with Crippen molar-refractivity contribution in [2.45, 2.75) is 5.75 Å². The van der Waals surface area contributed by atoms with E-state index in [1.165, 1.54) is 0 Å². The zero-order valence-corrected chi connectivity index (χ0v) is 11.5. The maximum absolute atomic E-state index is 11.4. The van der Waals surface area contributed by atoms with Crippen molar-refractivity contribution in [3.05, 3.63) is 60.3 Å². The minimum absolute atomic E-state index is 0.164. The van der Waals surface area contributed by atoms with Gasteiger partial charge in [0.05, 0.1) is 5.75 Å². The number of nitrogens with two attached hydrogens (primary N) is 1. The number of aromatic nitrogens is 1. The van der Waals surface area contributed by atoms with Crippen molar-refractivity contribution in [2.24, 2.45) is 5.14 Å². The highest BCUT2D eigenvalue weighted by Crippen LogP contribution is 2.31. The molecular formula is C15H14N2O2S. The first-order chi connectivity index (χ1) is 9.54. The number of nitrogens with one attached hydrogen (secondary N) is 1. The summed E-state index contributed by atoms with van der Waals surface area (Å²) >= 11 is 0. The highest BCUT2D eigenvalue weighted by molar-refractivity contribution is 7.88. The van der Waals surface area contributed by atoms with Crippen LogP contribution < -0.4 is 5.14 Å². The van der Waals surface area contributed by atoms with Crippen molar-refractivity contribution < 1.29 is 8.42 Å². The van der Waals surface area contributed by atoms with E-state index in [1.807, 2.05) is 48.7 Å². The van der Waals surface area contributed by atoms with Crippen LogP contribution in [0.2, 0.25) is 0 Å². The Morgan fingerprint density at radius 3 is 2.45 bits per heavy atom. The van der Waals surface area contributed by atoms with E-state index in [2.05, 4.69) is 4.98 Å². The summed E-state index contributed by atoms with van der Waals surface area (Å²) < 4.78 is 22.7. The van der Waals surface area contributed by atoms with Crippen molar-refractivity contribution in [2.75, 3.05) is 0 Å². The van der Waals surface area contributed by atoms with Crippen LogP contribution in [-0.4, -0.2) is 13.4 Å². The van der Waals surface area contributed by atoms with Crippen LogP contribution in [0.3, 0.4) is 0 Å². The molecule has 0 aliphatic heterocycles. The molecule has 20 heavy (non-hydrogen) atoms. The second-order valence-corrected chi connectivity index (χ2v) is 6.33. The van der Waals surface area contributed by atoms with E-state index in [0.29, 0.717) is 5.56 Å². The number of hydrogen-bond donors (Lipinski definition) is 2. The number of sulfonamides is 1. The molecule has 0 saturated heterocycles. The lowest BCUT2D eigenvalue weighted by Crippen LogP contribution is -2.14. The Hall–Kier alpha value is -2.11. The van der Waals surface area contributed by atoms with Gasteiger partial charge in [0.2, 0.25) is 10.0 Å². The first-order valence-electron chi connectivity index (χ1n) is 6.19. The van der Waals surface area contributed by atoms with Gasteiger partial charge in [-0.2, -0.15) is 0 Å². The minimum Gasteiger partial charge on any atom is -0.361 e. The third-order valence-corrected chi connectivity index (χ3v) is 3.97. The molecule has 0 aliphatic rings. The van der Waals surface area contributed by atoms with Gasteiger partial charge in [-0.3, -0.25) is 0 Å². The van der Waals surface area contributed by atoms with Crippen molar-refractivity contribution in [1.82, 2.24) is 4.98 Å². The number of hydrogen-bond acceptors (Lipinski definition) is 2. The van der Waals surface area contributed by atoms with E-state index in [0.717, 1.165) is 22.0 Å².